The van der Waals surface area contributed by atoms with E-state index in [2.05, 4.69) is 14.5 Å². The zero-order valence-corrected chi connectivity index (χ0v) is 9.53. The molecule has 0 aliphatic carbocycles. The molecule has 0 radical (unpaired) electrons. The Hall–Kier alpha value is -1.68. The van der Waals surface area contributed by atoms with Crippen molar-refractivity contribution in [1.29, 1.82) is 0 Å². The van der Waals surface area contributed by atoms with Crippen LogP contribution in [0.15, 0.2) is 37.1 Å². The maximum Gasteiger partial charge on any atom is 0.101 e. The van der Waals surface area contributed by atoms with Crippen LogP contribution in [0.25, 0.3) is 0 Å². The van der Waals surface area contributed by atoms with Gasteiger partial charge in [-0.2, -0.15) is 0 Å². The number of hydrogen-bond acceptors (Lipinski definition) is 3. The highest BCUT2D eigenvalue weighted by Crippen LogP contribution is 2.34. The van der Waals surface area contributed by atoms with Crippen LogP contribution in [0, 0.1) is 0 Å². The average Bonchev–Trinajstić information content (AvgIpc) is 2.87. The molecule has 1 aliphatic heterocycles. The zero-order valence-electron chi connectivity index (χ0n) is 9.53. The SMILES string of the molecule is OC(c1cccnc1)C1CCCc2cncn21. The maximum atomic E-state index is 10.4. The van der Waals surface area contributed by atoms with E-state index in [4.69, 9.17) is 0 Å². The number of rotatable bonds is 2. The number of aliphatic hydroxyl groups is 1. The van der Waals surface area contributed by atoms with Crippen LogP contribution in [-0.2, 0) is 6.42 Å². The Kier molecular flexibility index (Phi) is 2.65. The minimum atomic E-state index is -0.503. The number of nitrogens with zero attached hydrogens (tertiary/aromatic N) is 3. The molecule has 4 nitrogen and oxygen atoms in total. The van der Waals surface area contributed by atoms with Gasteiger partial charge in [0.2, 0.25) is 0 Å². The van der Waals surface area contributed by atoms with E-state index < -0.39 is 6.10 Å². The van der Waals surface area contributed by atoms with Crippen molar-refractivity contribution in [3.63, 3.8) is 0 Å². The fourth-order valence-electron chi connectivity index (χ4n) is 2.54. The van der Waals surface area contributed by atoms with Crippen LogP contribution in [0.1, 0.15) is 36.2 Å². The predicted octanol–water partition coefficient (Wildman–Crippen LogP) is 1.89. The molecule has 3 heterocycles. The first-order chi connectivity index (χ1) is 8.36. The van der Waals surface area contributed by atoms with Crippen LogP contribution in [0.3, 0.4) is 0 Å². The predicted molar refractivity (Wildman–Crippen MR) is 63.4 cm³/mol. The van der Waals surface area contributed by atoms with Crippen molar-refractivity contribution in [3.05, 3.63) is 48.3 Å². The Bertz CT molecular complexity index is 494. The summed E-state index contributed by atoms with van der Waals surface area (Å²) >= 11 is 0. The van der Waals surface area contributed by atoms with Gasteiger partial charge in [-0.1, -0.05) is 6.07 Å². The van der Waals surface area contributed by atoms with Gasteiger partial charge in [0.1, 0.15) is 6.10 Å². The summed E-state index contributed by atoms with van der Waals surface area (Å²) < 4.78 is 2.10. The van der Waals surface area contributed by atoms with E-state index in [-0.39, 0.29) is 6.04 Å². The van der Waals surface area contributed by atoms with Crippen molar-refractivity contribution in [2.75, 3.05) is 0 Å². The third kappa shape index (κ3) is 1.85. The monoisotopic (exact) mass is 229 g/mol. The lowest BCUT2D eigenvalue weighted by molar-refractivity contribution is 0.0988. The number of pyridine rings is 1. The Morgan fingerprint density at radius 2 is 2.29 bits per heavy atom. The first kappa shape index (κ1) is 10.5. The standard InChI is InChI=1S/C13H15N3O/c17-13(10-3-2-6-14-7-10)12-5-1-4-11-8-15-9-16(11)12/h2-3,6-9,12-13,17H,1,4-5H2. The molecule has 0 fully saturated rings. The fraction of sp³-hybridized carbons (Fsp3) is 0.385. The van der Waals surface area contributed by atoms with Gasteiger partial charge in [-0.05, 0) is 25.3 Å². The first-order valence-corrected chi connectivity index (χ1v) is 5.95. The van der Waals surface area contributed by atoms with Gasteiger partial charge in [0.15, 0.2) is 0 Å². The lowest BCUT2D eigenvalue weighted by atomic mass is 9.95. The van der Waals surface area contributed by atoms with Gasteiger partial charge >= 0.3 is 0 Å². The molecule has 1 aliphatic rings. The molecular weight excluding hydrogens is 214 g/mol. The molecule has 3 rings (SSSR count). The van der Waals surface area contributed by atoms with Gasteiger partial charge in [0.25, 0.3) is 0 Å². The lowest BCUT2D eigenvalue weighted by Gasteiger charge is -2.29. The quantitative estimate of drug-likeness (QED) is 0.855. The average molecular weight is 229 g/mol. The Labute approximate surface area is 100.0 Å². The minimum Gasteiger partial charge on any atom is -0.386 e. The van der Waals surface area contributed by atoms with Gasteiger partial charge in [0, 0.05) is 29.8 Å². The molecule has 0 saturated carbocycles. The number of fused-ring (bicyclic) bond motifs is 1. The molecule has 4 heteroatoms. The summed E-state index contributed by atoms with van der Waals surface area (Å²) in [5, 5.41) is 10.4. The van der Waals surface area contributed by atoms with Gasteiger partial charge in [-0.25, -0.2) is 4.98 Å². The summed E-state index contributed by atoms with van der Waals surface area (Å²) in [4.78, 5) is 8.23. The number of aryl methyl sites for hydroxylation is 1. The van der Waals surface area contributed by atoms with E-state index in [1.165, 1.54) is 5.69 Å². The largest absolute Gasteiger partial charge is 0.386 e. The van der Waals surface area contributed by atoms with E-state index >= 15 is 0 Å². The Balaban J connectivity index is 1.92. The van der Waals surface area contributed by atoms with Gasteiger partial charge in [-0.15, -0.1) is 0 Å². The highest BCUT2D eigenvalue weighted by Gasteiger charge is 2.27. The van der Waals surface area contributed by atoms with Crippen molar-refractivity contribution < 1.29 is 5.11 Å². The molecule has 1 N–H and O–H groups in total. The molecule has 0 bridgehead atoms. The van der Waals surface area contributed by atoms with E-state index in [0.717, 1.165) is 24.8 Å². The molecule has 0 saturated heterocycles. The van der Waals surface area contributed by atoms with Crippen LogP contribution < -0.4 is 0 Å². The lowest BCUT2D eigenvalue weighted by Crippen LogP contribution is -2.23. The number of aromatic nitrogens is 3. The molecule has 2 unspecified atom stereocenters. The highest BCUT2D eigenvalue weighted by atomic mass is 16.3. The summed E-state index contributed by atoms with van der Waals surface area (Å²) in [5.41, 5.74) is 2.09. The fourth-order valence-corrected chi connectivity index (χ4v) is 2.54. The number of imidazole rings is 1. The maximum absolute atomic E-state index is 10.4. The van der Waals surface area contributed by atoms with E-state index in [0.29, 0.717) is 0 Å². The third-order valence-corrected chi connectivity index (χ3v) is 3.43. The molecule has 0 spiro atoms. The van der Waals surface area contributed by atoms with Gasteiger partial charge in [-0.3, -0.25) is 4.98 Å². The summed E-state index contributed by atoms with van der Waals surface area (Å²) in [6.07, 6.45) is 9.80. The third-order valence-electron chi connectivity index (χ3n) is 3.43. The molecule has 17 heavy (non-hydrogen) atoms. The minimum absolute atomic E-state index is 0.0884. The molecule has 2 atom stereocenters. The normalized spacial score (nSPS) is 20.9. The van der Waals surface area contributed by atoms with E-state index in [1.54, 1.807) is 12.4 Å². The molecular formula is C13H15N3O. The van der Waals surface area contributed by atoms with Crippen molar-refractivity contribution >= 4 is 0 Å². The van der Waals surface area contributed by atoms with Crippen LogP contribution in [0.4, 0.5) is 0 Å². The molecule has 88 valence electrons. The Morgan fingerprint density at radius 3 is 3.12 bits per heavy atom. The van der Waals surface area contributed by atoms with E-state index in [1.807, 2.05) is 24.7 Å². The first-order valence-electron chi connectivity index (χ1n) is 5.95. The van der Waals surface area contributed by atoms with E-state index in [9.17, 15) is 5.11 Å². The summed E-state index contributed by atoms with van der Waals surface area (Å²) in [6.45, 7) is 0. The van der Waals surface area contributed by atoms with Gasteiger partial charge in [0.05, 0.1) is 12.4 Å². The van der Waals surface area contributed by atoms with Crippen LogP contribution in [0.5, 0.6) is 0 Å². The second-order valence-electron chi connectivity index (χ2n) is 4.48. The van der Waals surface area contributed by atoms with Crippen LogP contribution in [0.2, 0.25) is 0 Å². The molecule has 0 aromatic carbocycles. The van der Waals surface area contributed by atoms with Crippen molar-refractivity contribution in [1.82, 2.24) is 14.5 Å². The number of hydrogen-bond donors (Lipinski definition) is 1. The topological polar surface area (TPSA) is 50.9 Å². The second kappa shape index (κ2) is 4.30. The van der Waals surface area contributed by atoms with Crippen molar-refractivity contribution in [3.8, 4) is 0 Å². The van der Waals surface area contributed by atoms with Crippen molar-refractivity contribution in [2.45, 2.75) is 31.4 Å². The summed E-state index contributed by atoms with van der Waals surface area (Å²) in [6, 6.07) is 3.87. The highest BCUT2D eigenvalue weighted by molar-refractivity contribution is 5.15. The summed E-state index contributed by atoms with van der Waals surface area (Å²) in [5.74, 6) is 0. The number of aliphatic hydroxyl groups excluding tert-OH is 1. The molecule has 2 aromatic heterocycles. The van der Waals surface area contributed by atoms with Gasteiger partial charge < -0.3 is 9.67 Å². The zero-order chi connectivity index (χ0) is 11.7. The summed E-state index contributed by atoms with van der Waals surface area (Å²) in [7, 11) is 0. The van der Waals surface area contributed by atoms with Crippen LogP contribution >= 0.6 is 0 Å². The Morgan fingerprint density at radius 1 is 1.35 bits per heavy atom. The second-order valence-corrected chi connectivity index (χ2v) is 4.48. The molecule has 2 aromatic rings. The smallest absolute Gasteiger partial charge is 0.101 e. The van der Waals surface area contributed by atoms with Crippen LogP contribution in [-0.4, -0.2) is 19.6 Å². The molecule has 0 amide bonds. The van der Waals surface area contributed by atoms with Crippen molar-refractivity contribution in [2.24, 2.45) is 0 Å².